The minimum absolute atomic E-state index is 0.0900. The van der Waals surface area contributed by atoms with Crippen molar-refractivity contribution < 1.29 is 5.11 Å². The lowest BCUT2D eigenvalue weighted by Gasteiger charge is -1.99. The Morgan fingerprint density at radius 1 is 1.31 bits per heavy atom. The molecular formula is C9H7BN2O. The van der Waals surface area contributed by atoms with Gasteiger partial charge in [-0.2, -0.15) is 0 Å². The van der Waals surface area contributed by atoms with Gasteiger partial charge in [0, 0.05) is 0 Å². The van der Waals surface area contributed by atoms with Gasteiger partial charge in [0.1, 0.15) is 7.85 Å². The highest BCUT2D eigenvalue weighted by Crippen LogP contribution is 2.06. The van der Waals surface area contributed by atoms with Crippen molar-refractivity contribution in [2.75, 3.05) is 0 Å². The zero-order valence-electron chi connectivity index (χ0n) is 6.94. The third-order valence-electron chi connectivity index (χ3n) is 1.78. The van der Waals surface area contributed by atoms with Gasteiger partial charge in [-0.15, -0.1) is 0 Å². The Bertz CT molecular complexity index is 445. The molecule has 2 rings (SSSR count). The highest BCUT2D eigenvalue weighted by atomic mass is 16.3. The van der Waals surface area contributed by atoms with Crippen LogP contribution in [0, 0.1) is 0 Å². The molecule has 0 amide bonds. The molecule has 0 bridgehead atoms. The van der Waals surface area contributed by atoms with E-state index in [9.17, 15) is 0 Å². The minimum atomic E-state index is -0.0900. The van der Waals surface area contributed by atoms with E-state index in [2.05, 4.69) is 9.97 Å². The van der Waals surface area contributed by atoms with E-state index in [0.29, 0.717) is 11.2 Å². The molecule has 0 aliphatic heterocycles. The molecule has 0 saturated heterocycles. The molecule has 0 aliphatic rings. The summed E-state index contributed by atoms with van der Waals surface area (Å²) >= 11 is 0. The van der Waals surface area contributed by atoms with Gasteiger partial charge in [0.2, 0.25) is 0 Å². The maximum absolute atomic E-state index is 8.82. The van der Waals surface area contributed by atoms with Crippen molar-refractivity contribution in [3.05, 3.63) is 30.1 Å². The van der Waals surface area contributed by atoms with Crippen LogP contribution in [0.25, 0.3) is 11.0 Å². The van der Waals surface area contributed by atoms with Gasteiger partial charge in [-0.3, -0.25) is 4.98 Å². The fourth-order valence-electron chi connectivity index (χ4n) is 1.14. The topological polar surface area (TPSA) is 46.0 Å². The summed E-state index contributed by atoms with van der Waals surface area (Å²) in [6.07, 6.45) is 1.54. The Kier molecular flexibility index (Phi) is 1.98. The molecule has 1 aromatic heterocycles. The van der Waals surface area contributed by atoms with E-state index in [1.807, 2.05) is 0 Å². The largest absolute Gasteiger partial charge is 0.390 e. The van der Waals surface area contributed by atoms with Crippen molar-refractivity contribution in [1.82, 2.24) is 9.97 Å². The van der Waals surface area contributed by atoms with E-state index in [1.165, 1.54) is 0 Å². The first kappa shape index (κ1) is 8.20. The lowest BCUT2D eigenvalue weighted by Crippen LogP contribution is -2.02. The normalized spacial score (nSPS) is 10.5. The summed E-state index contributed by atoms with van der Waals surface area (Å²) in [7, 11) is 5.58. The summed E-state index contributed by atoms with van der Waals surface area (Å²) in [4.78, 5) is 8.28. The number of hydrogen-bond donors (Lipinski definition) is 1. The standard InChI is InChI=1S/C9H7BN2O/c10-6-1-2-8-9(3-6)11-4-7(5-13)12-8/h1-4,13H,5H2. The predicted molar refractivity (Wildman–Crippen MR) is 50.8 cm³/mol. The first-order chi connectivity index (χ1) is 6.29. The van der Waals surface area contributed by atoms with Crippen LogP contribution < -0.4 is 5.46 Å². The van der Waals surface area contributed by atoms with E-state index in [0.717, 1.165) is 11.0 Å². The number of benzene rings is 1. The molecule has 0 unspecified atom stereocenters. The second-order valence-corrected chi connectivity index (χ2v) is 2.77. The maximum atomic E-state index is 8.82. The molecule has 62 valence electrons. The molecule has 13 heavy (non-hydrogen) atoms. The third-order valence-corrected chi connectivity index (χ3v) is 1.78. The lowest BCUT2D eigenvalue weighted by molar-refractivity contribution is 0.277. The number of aromatic nitrogens is 2. The highest BCUT2D eigenvalue weighted by molar-refractivity contribution is 6.33. The van der Waals surface area contributed by atoms with Crippen LogP contribution in [0.2, 0.25) is 0 Å². The van der Waals surface area contributed by atoms with Crippen LogP contribution in [-0.2, 0) is 6.61 Å². The van der Waals surface area contributed by atoms with E-state index in [4.69, 9.17) is 13.0 Å². The molecule has 0 saturated carbocycles. The zero-order valence-corrected chi connectivity index (χ0v) is 6.94. The van der Waals surface area contributed by atoms with Crippen molar-refractivity contribution in [1.29, 1.82) is 0 Å². The maximum Gasteiger partial charge on any atom is 0.113 e. The lowest BCUT2D eigenvalue weighted by atomic mass is 9.96. The molecule has 1 N–H and O–H groups in total. The van der Waals surface area contributed by atoms with Gasteiger partial charge in [0.25, 0.3) is 0 Å². The molecule has 0 spiro atoms. The molecule has 2 radical (unpaired) electrons. The Morgan fingerprint density at radius 3 is 2.92 bits per heavy atom. The van der Waals surface area contributed by atoms with Crippen LogP contribution in [0.4, 0.5) is 0 Å². The average Bonchev–Trinajstić information content (AvgIpc) is 2.17. The van der Waals surface area contributed by atoms with Crippen molar-refractivity contribution >= 4 is 24.3 Å². The predicted octanol–water partition coefficient (Wildman–Crippen LogP) is -0.0841. The zero-order chi connectivity index (χ0) is 9.26. The van der Waals surface area contributed by atoms with Gasteiger partial charge >= 0.3 is 0 Å². The number of rotatable bonds is 1. The van der Waals surface area contributed by atoms with Crippen molar-refractivity contribution in [3.63, 3.8) is 0 Å². The minimum Gasteiger partial charge on any atom is -0.390 e. The van der Waals surface area contributed by atoms with Crippen molar-refractivity contribution in [3.8, 4) is 0 Å². The fraction of sp³-hybridized carbons (Fsp3) is 0.111. The summed E-state index contributed by atoms with van der Waals surface area (Å²) < 4.78 is 0. The van der Waals surface area contributed by atoms with Gasteiger partial charge in [-0.1, -0.05) is 11.5 Å². The number of aliphatic hydroxyl groups is 1. The van der Waals surface area contributed by atoms with Gasteiger partial charge in [-0.25, -0.2) is 4.98 Å². The van der Waals surface area contributed by atoms with Crippen LogP contribution in [0.1, 0.15) is 5.69 Å². The molecule has 4 heteroatoms. The van der Waals surface area contributed by atoms with E-state index in [-0.39, 0.29) is 6.61 Å². The molecule has 0 aliphatic carbocycles. The summed E-state index contributed by atoms with van der Waals surface area (Å²) in [5.74, 6) is 0. The van der Waals surface area contributed by atoms with Crippen LogP contribution >= 0.6 is 0 Å². The Hall–Kier alpha value is -1.42. The summed E-state index contributed by atoms with van der Waals surface area (Å²) in [5.41, 5.74) is 2.73. The molecule has 1 aromatic carbocycles. The Balaban J connectivity index is 2.66. The van der Waals surface area contributed by atoms with Gasteiger partial charge in [-0.05, 0) is 12.1 Å². The van der Waals surface area contributed by atoms with Crippen LogP contribution in [0.5, 0.6) is 0 Å². The summed E-state index contributed by atoms with van der Waals surface area (Å²) in [5, 5.41) is 8.82. The average molecular weight is 170 g/mol. The number of aliphatic hydroxyl groups excluding tert-OH is 1. The first-order valence-electron chi connectivity index (χ1n) is 3.91. The van der Waals surface area contributed by atoms with Crippen LogP contribution in [-0.4, -0.2) is 22.9 Å². The monoisotopic (exact) mass is 170 g/mol. The van der Waals surface area contributed by atoms with E-state index >= 15 is 0 Å². The molecule has 0 fully saturated rings. The fourth-order valence-corrected chi connectivity index (χ4v) is 1.14. The van der Waals surface area contributed by atoms with E-state index < -0.39 is 0 Å². The quantitative estimate of drug-likeness (QED) is 0.608. The SMILES string of the molecule is [B]c1ccc2nc(CO)cnc2c1. The Morgan fingerprint density at radius 2 is 2.15 bits per heavy atom. The van der Waals surface area contributed by atoms with Gasteiger partial charge in [0.05, 0.1) is 29.5 Å². The van der Waals surface area contributed by atoms with Gasteiger partial charge < -0.3 is 5.11 Å². The first-order valence-corrected chi connectivity index (χ1v) is 3.91. The van der Waals surface area contributed by atoms with Crippen LogP contribution in [0.3, 0.4) is 0 Å². The molecule has 2 aromatic rings. The number of nitrogens with zero attached hydrogens (tertiary/aromatic N) is 2. The summed E-state index contributed by atoms with van der Waals surface area (Å²) in [6.45, 7) is -0.0900. The number of hydrogen-bond acceptors (Lipinski definition) is 3. The summed E-state index contributed by atoms with van der Waals surface area (Å²) in [6, 6.07) is 5.30. The molecule has 0 atom stereocenters. The molecule has 3 nitrogen and oxygen atoms in total. The second-order valence-electron chi connectivity index (χ2n) is 2.77. The smallest absolute Gasteiger partial charge is 0.113 e. The number of fused-ring (bicyclic) bond motifs is 1. The second kappa shape index (κ2) is 3.14. The molecule has 1 heterocycles. The van der Waals surface area contributed by atoms with Gasteiger partial charge in [0.15, 0.2) is 0 Å². The Labute approximate surface area is 76.9 Å². The van der Waals surface area contributed by atoms with Crippen molar-refractivity contribution in [2.45, 2.75) is 6.61 Å². The third kappa shape index (κ3) is 1.53. The molecular weight excluding hydrogens is 163 g/mol. The highest BCUT2D eigenvalue weighted by Gasteiger charge is 1.97. The van der Waals surface area contributed by atoms with Crippen molar-refractivity contribution in [2.24, 2.45) is 0 Å². The van der Waals surface area contributed by atoms with E-state index in [1.54, 1.807) is 24.4 Å². The van der Waals surface area contributed by atoms with Crippen LogP contribution in [0.15, 0.2) is 24.4 Å².